The molecular weight excluding hydrogens is 382 g/mol. The molecule has 7 heteroatoms. The highest BCUT2D eigenvalue weighted by atomic mass is 16.5. The quantitative estimate of drug-likeness (QED) is 0.413. The van der Waals surface area contributed by atoms with Crippen molar-refractivity contribution in [3.05, 3.63) is 82.5 Å². The second kappa shape index (κ2) is 7.04. The van der Waals surface area contributed by atoms with Crippen LogP contribution in [0.4, 0.5) is 0 Å². The molecule has 0 aliphatic heterocycles. The third-order valence-electron chi connectivity index (χ3n) is 4.78. The molecule has 0 aliphatic carbocycles. The van der Waals surface area contributed by atoms with Crippen molar-refractivity contribution in [3.63, 3.8) is 0 Å². The van der Waals surface area contributed by atoms with Crippen molar-refractivity contribution < 1.29 is 13.6 Å². The van der Waals surface area contributed by atoms with Crippen molar-refractivity contribution >= 4 is 28.1 Å². The van der Waals surface area contributed by atoms with Gasteiger partial charge in [-0.25, -0.2) is 4.98 Å². The summed E-state index contributed by atoms with van der Waals surface area (Å²) < 4.78 is 18.2. The van der Waals surface area contributed by atoms with E-state index in [0.717, 1.165) is 11.1 Å². The molecule has 0 aliphatic rings. The van der Waals surface area contributed by atoms with E-state index in [-0.39, 0.29) is 11.4 Å². The van der Waals surface area contributed by atoms with Crippen molar-refractivity contribution in [1.29, 1.82) is 0 Å². The van der Waals surface area contributed by atoms with E-state index >= 15 is 0 Å². The van der Waals surface area contributed by atoms with E-state index in [1.165, 1.54) is 10.9 Å². The van der Waals surface area contributed by atoms with Crippen molar-refractivity contribution in [2.45, 2.75) is 6.92 Å². The number of rotatable bonds is 4. The van der Waals surface area contributed by atoms with Gasteiger partial charge in [0.1, 0.15) is 22.9 Å². The van der Waals surface area contributed by atoms with Crippen LogP contribution >= 0.6 is 0 Å². The summed E-state index contributed by atoms with van der Waals surface area (Å²) in [6.45, 7) is 1.84. The number of furan rings is 2. The molecular formula is C23H17N3O4. The molecule has 0 saturated heterocycles. The Kier molecular flexibility index (Phi) is 4.21. The first-order valence-corrected chi connectivity index (χ1v) is 9.33. The molecule has 3 aromatic heterocycles. The minimum atomic E-state index is -0.303. The van der Waals surface area contributed by atoms with Gasteiger partial charge in [0.15, 0.2) is 5.76 Å². The van der Waals surface area contributed by atoms with Gasteiger partial charge < -0.3 is 13.6 Å². The molecule has 0 N–H and O–H groups in total. The van der Waals surface area contributed by atoms with Gasteiger partial charge in [-0.2, -0.15) is 9.78 Å². The van der Waals surface area contributed by atoms with Crippen LogP contribution < -0.4 is 10.3 Å². The Morgan fingerprint density at radius 2 is 1.90 bits per heavy atom. The SMILES string of the molecule is COc1cccc2oc(-c3nc4ccccc4c(=O)n3N=Cc3ccc(C)o3)cc12. The highest BCUT2D eigenvalue weighted by Crippen LogP contribution is 2.32. The zero-order valence-electron chi connectivity index (χ0n) is 16.3. The van der Waals surface area contributed by atoms with Gasteiger partial charge in [0.05, 0.1) is 29.6 Å². The van der Waals surface area contributed by atoms with Crippen molar-refractivity contribution in [2.75, 3.05) is 7.11 Å². The van der Waals surface area contributed by atoms with Crippen LogP contribution in [0.15, 0.2) is 79.4 Å². The lowest BCUT2D eigenvalue weighted by Crippen LogP contribution is -2.20. The Bertz CT molecular complexity index is 1470. The average molecular weight is 399 g/mol. The number of nitrogens with zero attached hydrogens (tertiary/aromatic N) is 3. The topological polar surface area (TPSA) is 82.8 Å². The van der Waals surface area contributed by atoms with Crippen LogP contribution in [0.2, 0.25) is 0 Å². The Morgan fingerprint density at radius 1 is 1.03 bits per heavy atom. The number of aryl methyl sites for hydroxylation is 1. The first-order chi connectivity index (χ1) is 14.6. The highest BCUT2D eigenvalue weighted by Gasteiger charge is 2.17. The van der Waals surface area contributed by atoms with Gasteiger partial charge in [-0.3, -0.25) is 4.79 Å². The van der Waals surface area contributed by atoms with Crippen molar-refractivity contribution in [3.8, 4) is 17.3 Å². The lowest BCUT2D eigenvalue weighted by Gasteiger charge is -2.06. The second-order valence-corrected chi connectivity index (χ2v) is 6.75. The van der Waals surface area contributed by atoms with E-state index in [0.29, 0.717) is 33.8 Å². The molecule has 3 heterocycles. The zero-order valence-corrected chi connectivity index (χ0v) is 16.3. The van der Waals surface area contributed by atoms with Gasteiger partial charge in [-0.15, -0.1) is 0 Å². The number of para-hydroxylation sites is 1. The molecule has 0 bridgehead atoms. The molecule has 0 spiro atoms. The fourth-order valence-electron chi connectivity index (χ4n) is 3.35. The third-order valence-corrected chi connectivity index (χ3v) is 4.78. The molecule has 30 heavy (non-hydrogen) atoms. The van der Waals surface area contributed by atoms with Gasteiger partial charge >= 0.3 is 0 Å². The Balaban J connectivity index is 1.76. The first kappa shape index (κ1) is 17.9. The number of hydrogen-bond acceptors (Lipinski definition) is 6. The van der Waals surface area contributed by atoms with Crippen LogP contribution in [-0.4, -0.2) is 23.0 Å². The highest BCUT2D eigenvalue weighted by molar-refractivity contribution is 5.88. The van der Waals surface area contributed by atoms with Crippen molar-refractivity contribution in [1.82, 2.24) is 9.66 Å². The summed E-state index contributed by atoms with van der Waals surface area (Å²) in [5, 5.41) is 5.61. The summed E-state index contributed by atoms with van der Waals surface area (Å²) in [6.07, 6.45) is 1.48. The maximum Gasteiger partial charge on any atom is 0.282 e. The molecule has 0 radical (unpaired) electrons. The fraction of sp³-hybridized carbons (Fsp3) is 0.0870. The maximum absolute atomic E-state index is 13.2. The van der Waals surface area contributed by atoms with Gasteiger partial charge in [0.25, 0.3) is 5.56 Å². The van der Waals surface area contributed by atoms with Gasteiger partial charge in [-0.05, 0) is 49.4 Å². The molecule has 7 nitrogen and oxygen atoms in total. The summed E-state index contributed by atoms with van der Waals surface area (Å²) in [6, 6.07) is 18.1. The van der Waals surface area contributed by atoms with Crippen LogP contribution in [0, 0.1) is 6.92 Å². The van der Waals surface area contributed by atoms with E-state index in [4.69, 9.17) is 13.6 Å². The van der Waals surface area contributed by atoms with Gasteiger partial charge in [-0.1, -0.05) is 18.2 Å². The van der Waals surface area contributed by atoms with E-state index in [1.54, 1.807) is 37.4 Å². The molecule has 148 valence electrons. The molecule has 0 fully saturated rings. The monoisotopic (exact) mass is 399 g/mol. The lowest BCUT2D eigenvalue weighted by atomic mass is 10.2. The lowest BCUT2D eigenvalue weighted by molar-refractivity contribution is 0.419. The van der Waals surface area contributed by atoms with Crippen LogP contribution in [0.25, 0.3) is 33.5 Å². The first-order valence-electron chi connectivity index (χ1n) is 9.33. The standard InChI is InChI=1S/C23H17N3O4/c1-14-10-11-15(29-14)13-24-26-22(25-18-7-4-3-6-16(18)23(26)27)21-12-17-19(28-2)8-5-9-20(17)30-21/h3-13H,1-2H3. The summed E-state index contributed by atoms with van der Waals surface area (Å²) in [5.74, 6) is 2.66. The minimum Gasteiger partial charge on any atom is -0.496 e. The molecule has 5 aromatic rings. The van der Waals surface area contributed by atoms with E-state index in [9.17, 15) is 4.79 Å². The van der Waals surface area contributed by atoms with Crippen LogP contribution in [0.5, 0.6) is 5.75 Å². The van der Waals surface area contributed by atoms with E-state index in [1.807, 2.05) is 37.3 Å². The number of ether oxygens (including phenoxy) is 1. The number of hydrogen-bond donors (Lipinski definition) is 0. The molecule has 2 aromatic carbocycles. The number of methoxy groups -OCH3 is 1. The number of aromatic nitrogens is 2. The zero-order chi connectivity index (χ0) is 20.7. The maximum atomic E-state index is 13.2. The summed E-state index contributed by atoms with van der Waals surface area (Å²) in [5.41, 5.74) is 0.886. The summed E-state index contributed by atoms with van der Waals surface area (Å²) in [7, 11) is 1.60. The van der Waals surface area contributed by atoms with Crippen molar-refractivity contribution in [2.24, 2.45) is 5.10 Å². The second-order valence-electron chi connectivity index (χ2n) is 6.75. The third kappa shape index (κ3) is 2.97. The normalized spacial score (nSPS) is 11.7. The molecule has 0 atom stereocenters. The predicted octanol–water partition coefficient (Wildman–Crippen LogP) is 4.60. The summed E-state index contributed by atoms with van der Waals surface area (Å²) >= 11 is 0. The molecule has 0 saturated carbocycles. The van der Waals surface area contributed by atoms with Gasteiger partial charge in [0, 0.05) is 0 Å². The van der Waals surface area contributed by atoms with E-state index in [2.05, 4.69) is 10.1 Å². The van der Waals surface area contributed by atoms with Crippen LogP contribution in [-0.2, 0) is 0 Å². The molecule has 0 amide bonds. The van der Waals surface area contributed by atoms with E-state index < -0.39 is 0 Å². The number of benzene rings is 2. The molecule has 0 unspecified atom stereocenters. The predicted molar refractivity (Wildman–Crippen MR) is 114 cm³/mol. The number of fused-ring (bicyclic) bond motifs is 2. The Hall–Kier alpha value is -4.13. The minimum absolute atomic E-state index is 0.288. The summed E-state index contributed by atoms with van der Waals surface area (Å²) in [4.78, 5) is 17.9. The average Bonchev–Trinajstić information content (AvgIpc) is 3.38. The van der Waals surface area contributed by atoms with Crippen LogP contribution in [0.3, 0.4) is 0 Å². The van der Waals surface area contributed by atoms with Gasteiger partial charge in [0.2, 0.25) is 5.82 Å². The smallest absolute Gasteiger partial charge is 0.282 e. The fourth-order valence-corrected chi connectivity index (χ4v) is 3.35. The van der Waals surface area contributed by atoms with Crippen LogP contribution in [0.1, 0.15) is 11.5 Å². The Labute approximate surface area is 170 Å². The Morgan fingerprint density at radius 3 is 2.70 bits per heavy atom. The largest absolute Gasteiger partial charge is 0.496 e. The molecule has 5 rings (SSSR count).